The van der Waals surface area contributed by atoms with Crippen molar-refractivity contribution in [3.63, 3.8) is 0 Å². The zero-order chi connectivity index (χ0) is 99.6. The zero-order valence-electron chi connectivity index (χ0n) is 82.0. The molecule has 0 spiro atoms. The van der Waals surface area contributed by atoms with Crippen LogP contribution in [0.5, 0.6) is 0 Å². The van der Waals surface area contributed by atoms with Gasteiger partial charge in [-0.15, -0.1) is 22.7 Å². The summed E-state index contributed by atoms with van der Waals surface area (Å²) in [6, 6.07) is 163. The molecule has 31 rings (SSSR count). The third-order valence-corrected chi connectivity index (χ3v) is 32.7. The maximum atomic E-state index is 6.31. The van der Waals surface area contributed by atoms with E-state index in [0.717, 1.165) is 116 Å². The van der Waals surface area contributed by atoms with Gasteiger partial charge in [-0.25, -0.2) is 15.0 Å². The molecule has 15 heteroatoms. The molecule has 2 aliphatic rings. The third-order valence-electron chi connectivity index (χ3n) is 30.5. The molecule has 0 amide bonds. The molecule has 0 atom stereocenters. The lowest BCUT2D eigenvalue weighted by Crippen LogP contribution is -2.15. The van der Waals surface area contributed by atoms with Gasteiger partial charge in [0.1, 0.15) is 11.2 Å². The van der Waals surface area contributed by atoms with Gasteiger partial charge >= 0.3 is 0 Å². The summed E-state index contributed by atoms with van der Waals surface area (Å²) in [5.74, 6) is 5.59. The van der Waals surface area contributed by atoms with Gasteiger partial charge in [0, 0.05) is 134 Å². The van der Waals surface area contributed by atoms with Gasteiger partial charge in [0.05, 0.1) is 33.1 Å². The van der Waals surface area contributed by atoms with Gasteiger partial charge in [0.25, 0.3) is 0 Å². The van der Waals surface area contributed by atoms with E-state index in [1.165, 1.54) is 123 Å². The van der Waals surface area contributed by atoms with E-state index in [1.807, 2.05) is 83.3 Å². The van der Waals surface area contributed by atoms with Crippen molar-refractivity contribution in [1.82, 2.24) is 58.6 Å². The van der Waals surface area contributed by atoms with Crippen molar-refractivity contribution in [1.29, 1.82) is 0 Å². The summed E-state index contributed by atoms with van der Waals surface area (Å²) >= 11 is 3.66. The predicted molar refractivity (Wildman–Crippen MR) is 620 cm³/mol. The van der Waals surface area contributed by atoms with E-state index in [9.17, 15) is 0 Å². The van der Waals surface area contributed by atoms with Crippen molar-refractivity contribution in [2.75, 3.05) is 0 Å². The molecule has 20 aromatic carbocycles. The minimum atomic E-state index is -0.149. The Balaban J connectivity index is 0.000000106. The lowest BCUT2D eigenvalue weighted by Gasteiger charge is -2.22. The molecule has 9 aromatic heterocycles. The molecule has 150 heavy (non-hydrogen) atoms. The van der Waals surface area contributed by atoms with Crippen LogP contribution in [0.3, 0.4) is 0 Å². The number of furan rings is 1. The second-order valence-electron chi connectivity index (χ2n) is 39.9. The molecule has 0 saturated carbocycles. The summed E-state index contributed by atoms with van der Waals surface area (Å²) in [6.07, 6.45) is 0. The van der Waals surface area contributed by atoms with E-state index in [1.54, 1.807) is 0 Å². The smallest absolute Gasteiger partial charge is 0.238 e. The lowest BCUT2D eigenvalue weighted by molar-refractivity contribution is 0.660. The maximum Gasteiger partial charge on any atom is 0.238 e. The van der Waals surface area contributed by atoms with E-state index in [4.69, 9.17) is 49.3 Å². The van der Waals surface area contributed by atoms with Crippen molar-refractivity contribution in [2.24, 2.45) is 0 Å². The number of hydrogen-bond donors (Lipinski definition) is 0. The van der Waals surface area contributed by atoms with Crippen LogP contribution in [0, 0.1) is 0 Å². The van der Waals surface area contributed by atoms with Crippen molar-refractivity contribution in [3.8, 4) is 142 Å². The molecule has 0 N–H and O–H groups in total. The molecule has 0 aliphatic heterocycles. The van der Waals surface area contributed by atoms with E-state index in [2.05, 4.69) is 442 Å². The first-order valence-electron chi connectivity index (χ1n) is 50.7. The Hall–Kier alpha value is -18.9. The number of para-hydroxylation sites is 4. The minimum Gasteiger partial charge on any atom is -0.456 e. The van der Waals surface area contributed by atoms with Gasteiger partial charge < -0.3 is 4.42 Å². The van der Waals surface area contributed by atoms with Crippen LogP contribution in [0.1, 0.15) is 49.9 Å². The monoisotopic (exact) mass is 1960 g/mol. The Morgan fingerprint density at radius 2 is 0.447 bits per heavy atom. The van der Waals surface area contributed by atoms with Crippen molar-refractivity contribution < 1.29 is 4.42 Å². The van der Waals surface area contributed by atoms with Gasteiger partial charge in [-0.1, -0.05) is 404 Å². The highest BCUT2D eigenvalue weighted by Crippen LogP contribution is 2.53. The average Bonchev–Trinajstić information content (AvgIpc) is 1.58. The Kier molecular flexibility index (Phi) is 20.4. The highest BCUT2D eigenvalue weighted by Gasteiger charge is 2.38. The van der Waals surface area contributed by atoms with Crippen molar-refractivity contribution in [3.05, 3.63) is 483 Å². The molecular weight excluding hydrogens is 1870 g/mol. The second-order valence-corrected chi connectivity index (χ2v) is 42.0. The molecule has 2 aliphatic carbocycles. The molecular formula is C135H88N12OS2. The number of benzene rings is 20. The fourth-order valence-corrected chi connectivity index (χ4v) is 25.2. The molecule has 0 bridgehead atoms. The van der Waals surface area contributed by atoms with Gasteiger partial charge in [-0.2, -0.15) is 29.9 Å². The fourth-order valence-electron chi connectivity index (χ4n) is 23.0. The Bertz CT molecular complexity index is 10300. The number of aromatic nitrogens is 12. The molecule has 0 saturated heterocycles. The molecule has 0 unspecified atom stereocenters. The summed E-state index contributed by atoms with van der Waals surface area (Å²) < 4.78 is 18.0. The van der Waals surface area contributed by atoms with Crippen LogP contribution < -0.4 is 0 Å². The minimum absolute atomic E-state index is 0.149. The summed E-state index contributed by atoms with van der Waals surface area (Å²) in [6.45, 7) is 9.29. The standard InChI is InChI=1S/C51H36N4S.C45H28N4S.C39H24N4O/c1-50(2)39-17-9-5-13-31(39)33-23-21-29(25-41(33)50)47-52-48(30-22-24-34-32-14-6-10-18-40(32)51(3,4)42(34)26-30)54-49(53-47)55-43-19-11-7-15-35(43)37-27-38-36-16-8-12-20-45(36)56-46(38)28-44(37)55;1-3-11-29(12-4-1)31-19-23-33(24-20-31)43-46-44(34-25-21-32(22-26-34)30-13-5-2-6-14-30)48-45(47-43)49-39-17-9-7-15-35(39)37-27-38-36-16-8-10-18-41(36)50-42(38)28-40(37)49;1-3-11-25(12-4-1)26-19-21-28(22-20-26)38-40-37(27-13-5-2-6-14-27)41-39(42-38)43-33-17-9-7-15-29(33)31-23-32-30-16-8-10-18-35(30)44-36(32)24-34(31)43/h5-28H,1-4H3;1-28H;1-24H. The van der Waals surface area contributed by atoms with Gasteiger partial charge in [0.15, 0.2) is 34.9 Å². The fraction of sp³-hybridized carbons (Fsp3) is 0.0444. The topological polar surface area (TPSA) is 144 Å². The molecule has 706 valence electrons. The summed E-state index contributed by atoms with van der Waals surface area (Å²) in [4.78, 5) is 46.8. The largest absolute Gasteiger partial charge is 0.456 e. The van der Waals surface area contributed by atoms with Crippen molar-refractivity contribution in [2.45, 2.75) is 38.5 Å². The molecule has 13 nitrogen and oxygen atoms in total. The Labute approximate surface area is 870 Å². The molecule has 29 aromatic rings. The Morgan fingerprint density at radius 1 is 0.173 bits per heavy atom. The van der Waals surface area contributed by atoms with Gasteiger partial charge in [-0.05, 0) is 157 Å². The first-order chi connectivity index (χ1) is 73.8. The van der Waals surface area contributed by atoms with Crippen LogP contribution in [0.4, 0.5) is 0 Å². The van der Waals surface area contributed by atoms with Crippen LogP contribution in [0.2, 0.25) is 0 Å². The predicted octanol–water partition coefficient (Wildman–Crippen LogP) is 35.2. The third kappa shape index (κ3) is 14.6. The normalized spacial score (nSPS) is 12.8. The summed E-state index contributed by atoms with van der Waals surface area (Å²) in [7, 11) is 0. The van der Waals surface area contributed by atoms with Crippen LogP contribution >= 0.6 is 22.7 Å². The first-order valence-corrected chi connectivity index (χ1v) is 52.3. The average molecular weight is 1960 g/mol. The lowest BCUT2D eigenvalue weighted by atomic mass is 9.82. The quantitative estimate of drug-likeness (QED) is 0.116. The van der Waals surface area contributed by atoms with Crippen LogP contribution in [0.25, 0.3) is 270 Å². The van der Waals surface area contributed by atoms with E-state index in [-0.39, 0.29) is 10.8 Å². The number of nitrogens with zero attached hydrogens (tertiary/aromatic N) is 12. The highest BCUT2D eigenvalue weighted by molar-refractivity contribution is 7.26. The highest BCUT2D eigenvalue weighted by atomic mass is 32.1. The van der Waals surface area contributed by atoms with E-state index >= 15 is 0 Å². The number of rotatable bonds is 12. The van der Waals surface area contributed by atoms with Crippen LogP contribution in [-0.2, 0) is 10.8 Å². The SMILES string of the molecule is CC1(C)c2ccccc2-c2ccc(-c3nc(-c4ccc5c(c4)C(C)(C)c4ccccc4-5)nc(-n4c5ccccc5c5cc6c(cc54)sc4ccccc46)n3)cc21.c1ccc(-c2ccc(-c3nc(-c4ccc(-c5ccccc5)cc4)nc(-n4c5ccccc5c5cc6c(cc54)sc4ccccc46)n3)cc2)cc1.c1ccc(-c2ccc(-c3nc(-c4ccccc4)nc(-n4c5ccccc5c5cc6c(cc54)oc4ccccc46)n3)cc2)cc1. The van der Waals surface area contributed by atoms with Gasteiger partial charge in [-0.3, -0.25) is 13.7 Å². The van der Waals surface area contributed by atoms with Crippen LogP contribution in [0.15, 0.2) is 465 Å². The molecule has 0 radical (unpaired) electrons. The van der Waals surface area contributed by atoms with Crippen LogP contribution in [-0.4, -0.2) is 58.6 Å². The first kappa shape index (κ1) is 87.6. The Morgan fingerprint density at radius 3 is 0.833 bits per heavy atom. The second kappa shape index (κ2) is 34.9. The number of thiophene rings is 2. The van der Waals surface area contributed by atoms with Gasteiger partial charge in [0.2, 0.25) is 17.8 Å². The number of hydrogen-bond acceptors (Lipinski definition) is 12. The van der Waals surface area contributed by atoms with E-state index in [0.29, 0.717) is 52.8 Å². The van der Waals surface area contributed by atoms with E-state index < -0.39 is 0 Å². The maximum absolute atomic E-state index is 6.31. The summed E-state index contributed by atoms with van der Waals surface area (Å²) in [5, 5.41) is 14.3. The molecule has 0 fully saturated rings. The molecule has 9 heterocycles. The van der Waals surface area contributed by atoms with Crippen molar-refractivity contribution >= 4 is 150 Å². The number of fused-ring (bicyclic) bond motifs is 24. The zero-order valence-corrected chi connectivity index (χ0v) is 83.6. The summed E-state index contributed by atoms with van der Waals surface area (Å²) in [5.41, 5.74) is 30.8.